The maximum atomic E-state index is 11.4. The fraction of sp³-hybridized carbons (Fsp3) is 0.143. The smallest absolute Gasteiger partial charge is 0.168 e. The standard InChI is InChI=1S/C9H9OS2.C5H5.Fe/c1-12-9(11)6-8(10)7-4-2-3-5-7;1-2-4-5-3-1;/h2-5H,6H2,1H3;1-5H;. The van der Waals surface area contributed by atoms with Crippen LogP contribution in [0.25, 0.3) is 0 Å². The minimum Gasteiger partial charge on any atom is -0.294 e. The largest absolute Gasteiger partial charge is 0.294 e. The molecule has 18 heavy (non-hydrogen) atoms. The Kier molecular flexibility index (Phi) is 10.3. The summed E-state index contributed by atoms with van der Waals surface area (Å²) in [6.45, 7) is 0. The van der Waals surface area contributed by atoms with Gasteiger partial charge in [-0.05, 0) is 6.26 Å². The zero-order valence-electron chi connectivity index (χ0n) is 9.98. The number of thiocarbonyl (C=S) groups is 1. The van der Waals surface area contributed by atoms with E-state index in [1.54, 1.807) is 0 Å². The van der Waals surface area contributed by atoms with Gasteiger partial charge in [0.1, 0.15) is 0 Å². The van der Waals surface area contributed by atoms with Gasteiger partial charge in [-0.2, -0.15) is 0 Å². The van der Waals surface area contributed by atoms with Gasteiger partial charge in [0, 0.05) is 35.5 Å². The first kappa shape index (κ1) is 17.6. The van der Waals surface area contributed by atoms with Gasteiger partial charge in [0.2, 0.25) is 0 Å². The van der Waals surface area contributed by atoms with Crippen LogP contribution in [-0.2, 0) is 21.9 Å². The van der Waals surface area contributed by atoms with E-state index >= 15 is 0 Å². The van der Waals surface area contributed by atoms with E-state index in [1.807, 2.05) is 61.6 Å². The van der Waals surface area contributed by atoms with Crippen molar-refractivity contribution in [3.8, 4) is 0 Å². The predicted octanol–water partition coefficient (Wildman–Crippen LogP) is 3.65. The maximum Gasteiger partial charge on any atom is 0.168 e. The second-order valence-corrected chi connectivity index (χ2v) is 4.96. The van der Waals surface area contributed by atoms with Crippen molar-refractivity contribution >= 4 is 34.0 Å². The Labute approximate surface area is 129 Å². The zero-order chi connectivity index (χ0) is 12.5. The summed E-state index contributed by atoms with van der Waals surface area (Å²) < 4.78 is 0.751. The van der Waals surface area contributed by atoms with Crippen LogP contribution in [0.3, 0.4) is 0 Å². The second-order valence-electron chi connectivity index (χ2n) is 3.31. The van der Waals surface area contributed by atoms with Gasteiger partial charge in [0.25, 0.3) is 0 Å². The first-order valence-electron chi connectivity index (χ1n) is 5.22. The molecule has 2 aliphatic carbocycles. The van der Waals surface area contributed by atoms with Gasteiger partial charge in [-0.25, -0.2) is 0 Å². The number of thioether (sulfide) groups is 1. The molecular formula is C14H14FeOS2. The van der Waals surface area contributed by atoms with E-state index in [0.717, 1.165) is 9.77 Å². The van der Waals surface area contributed by atoms with Gasteiger partial charge in [-0.15, -0.1) is 11.8 Å². The second kappa shape index (κ2) is 10.5. The minimum atomic E-state index is 0. The van der Waals surface area contributed by atoms with Crippen molar-refractivity contribution < 1.29 is 21.9 Å². The number of allylic oxidation sites excluding steroid dienone is 8. The molecule has 2 radical (unpaired) electrons. The quantitative estimate of drug-likeness (QED) is 0.584. The van der Waals surface area contributed by atoms with E-state index in [1.165, 1.54) is 11.8 Å². The van der Waals surface area contributed by atoms with Crippen LogP contribution in [0, 0.1) is 12.8 Å². The molecule has 0 aromatic rings. The fourth-order valence-electron chi connectivity index (χ4n) is 1.19. The van der Waals surface area contributed by atoms with Gasteiger partial charge < -0.3 is 0 Å². The molecule has 0 N–H and O–H groups in total. The average molecular weight is 318 g/mol. The maximum absolute atomic E-state index is 11.4. The van der Waals surface area contributed by atoms with Gasteiger partial charge in [0.05, 0.1) is 10.6 Å². The molecule has 0 fully saturated rings. The molecule has 0 unspecified atom stereocenters. The van der Waals surface area contributed by atoms with Crippen molar-refractivity contribution in [2.24, 2.45) is 0 Å². The number of hydrogen-bond donors (Lipinski definition) is 0. The summed E-state index contributed by atoms with van der Waals surface area (Å²) in [4.78, 5) is 11.4. The topological polar surface area (TPSA) is 17.1 Å². The molecule has 96 valence electrons. The third-order valence-corrected chi connectivity index (χ3v) is 3.32. The molecule has 2 rings (SSSR count). The van der Waals surface area contributed by atoms with Crippen molar-refractivity contribution in [2.45, 2.75) is 6.42 Å². The summed E-state index contributed by atoms with van der Waals surface area (Å²) in [5, 5.41) is 0. The van der Waals surface area contributed by atoms with Crippen LogP contribution < -0.4 is 0 Å². The number of ketones is 1. The van der Waals surface area contributed by atoms with Gasteiger partial charge in [0.15, 0.2) is 5.78 Å². The molecule has 0 amide bonds. The first-order chi connectivity index (χ1) is 8.24. The molecule has 0 aromatic carbocycles. The third kappa shape index (κ3) is 7.12. The van der Waals surface area contributed by atoms with Crippen molar-refractivity contribution in [2.75, 3.05) is 6.26 Å². The molecule has 0 atom stereocenters. The molecule has 2 aliphatic rings. The van der Waals surface area contributed by atoms with Crippen LogP contribution in [0.5, 0.6) is 0 Å². The normalized spacial score (nSPS) is 14.6. The van der Waals surface area contributed by atoms with E-state index < -0.39 is 0 Å². The van der Waals surface area contributed by atoms with Crippen LogP contribution in [-0.4, -0.2) is 16.2 Å². The monoisotopic (exact) mass is 318 g/mol. The molecule has 0 spiro atoms. The summed E-state index contributed by atoms with van der Waals surface area (Å²) in [5.41, 5.74) is 0.756. The van der Waals surface area contributed by atoms with Crippen LogP contribution in [0.1, 0.15) is 6.42 Å². The van der Waals surface area contributed by atoms with Crippen LogP contribution in [0.4, 0.5) is 0 Å². The summed E-state index contributed by atoms with van der Waals surface area (Å²) >= 11 is 6.41. The molecule has 0 saturated carbocycles. The van der Waals surface area contributed by atoms with Crippen LogP contribution in [0.15, 0.2) is 48.1 Å². The van der Waals surface area contributed by atoms with Gasteiger partial charge in [-0.1, -0.05) is 54.8 Å². The number of carbonyl (C=O) groups is 1. The Balaban J connectivity index is 0.000000405. The SMILES string of the molecule is CSC(=S)CC(=O)C1=C[CH]C=C1.[CH]1C=CC=C1.[Fe]. The molecule has 1 nitrogen and oxygen atoms in total. The number of rotatable bonds is 3. The van der Waals surface area contributed by atoms with Crippen molar-refractivity contribution in [3.63, 3.8) is 0 Å². The number of carbonyl (C=O) groups excluding carboxylic acids is 1. The van der Waals surface area contributed by atoms with E-state index in [-0.39, 0.29) is 22.9 Å². The number of Topliss-reactive ketones (excluding diaryl/α,β-unsaturated/α-hetero) is 1. The van der Waals surface area contributed by atoms with E-state index in [4.69, 9.17) is 12.2 Å². The van der Waals surface area contributed by atoms with E-state index in [9.17, 15) is 4.79 Å². The van der Waals surface area contributed by atoms with Gasteiger partial charge >= 0.3 is 0 Å². The number of hydrogen-bond acceptors (Lipinski definition) is 3. The van der Waals surface area contributed by atoms with Crippen LogP contribution in [0.2, 0.25) is 0 Å². The summed E-state index contributed by atoms with van der Waals surface area (Å²) in [7, 11) is 0. The third-order valence-electron chi connectivity index (χ3n) is 2.07. The molecular weight excluding hydrogens is 304 g/mol. The van der Waals surface area contributed by atoms with E-state index in [2.05, 4.69) is 0 Å². The Morgan fingerprint density at radius 3 is 2.22 bits per heavy atom. The van der Waals surface area contributed by atoms with Gasteiger partial charge in [-0.3, -0.25) is 4.79 Å². The summed E-state index contributed by atoms with van der Waals surface area (Å²) in [6.07, 6.45) is 19.6. The Hall–Kier alpha value is -0.411. The molecule has 4 heteroatoms. The Morgan fingerprint density at radius 1 is 1.17 bits per heavy atom. The minimum absolute atomic E-state index is 0. The Morgan fingerprint density at radius 2 is 1.83 bits per heavy atom. The van der Waals surface area contributed by atoms with Crippen LogP contribution >= 0.6 is 24.0 Å². The van der Waals surface area contributed by atoms with Crippen molar-refractivity contribution in [1.82, 2.24) is 0 Å². The Bertz CT molecular complexity index is 396. The first-order valence-corrected chi connectivity index (χ1v) is 6.85. The molecule has 0 aromatic heterocycles. The van der Waals surface area contributed by atoms with E-state index in [0.29, 0.717) is 6.42 Å². The summed E-state index contributed by atoms with van der Waals surface area (Å²) in [6, 6.07) is 0. The zero-order valence-corrected chi connectivity index (χ0v) is 12.7. The predicted molar refractivity (Wildman–Crippen MR) is 79.8 cm³/mol. The van der Waals surface area contributed by atoms with Crippen molar-refractivity contribution in [1.29, 1.82) is 0 Å². The molecule has 0 bridgehead atoms. The molecule has 0 aliphatic heterocycles. The van der Waals surface area contributed by atoms with Crippen molar-refractivity contribution in [3.05, 3.63) is 60.9 Å². The molecule has 0 saturated heterocycles. The molecule has 0 heterocycles. The fourth-order valence-corrected chi connectivity index (χ4v) is 1.59. The summed E-state index contributed by atoms with van der Waals surface area (Å²) in [5.74, 6) is 0.111. The average Bonchev–Trinajstić information content (AvgIpc) is 3.04.